The van der Waals surface area contributed by atoms with Crippen LogP contribution in [0.25, 0.3) is 0 Å². The molecule has 3 N–H and O–H groups in total. The van der Waals surface area contributed by atoms with Crippen LogP contribution in [0.3, 0.4) is 0 Å². The van der Waals surface area contributed by atoms with E-state index in [2.05, 4.69) is 15.5 Å². The summed E-state index contributed by atoms with van der Waals surface area (Å²) in [6.07, 6.45) is 0.959. The Hall–Kier alpha value is -2.08. The number of para-hydroxylation sites is 1. The molecule has 6 nitrogen and oxygen atoms in total. The number of nitrogens with two attached hydrogens (primary N) is 1. The number of carbonyl (C=O) groups is 1. The van der Waals surface area contributed by atoms with Crippen LogP contribution in [0.15, 0.2) is 28.8 Å². The van der Waals surface area contributed by atoms with E-state index in [1.54, 1.807) is 0 Å². The number of hydrogen-bond donors (Lipinski definition) is 2. The lowest BCUT2D eigenvalue weighted by Gasteiger charge is -2.12. The SMILES string of the molecule is CC(NC(=O)CCc1ccccc1N)c1nc(C(C)(C)C)no1.Cl. The molecule has 1 heterocycles. The molecule has 0 radical (unpaired) electrons. The van der Waals surface area contributed by atoms with Crippen molar-refractivity contribution in [2.45, 2.75) is 52.0 Å². The smallest absolute Gasteiger partial charge is 0.248 e. The second kappa shape index (κ2) is 8.15. The summed E-state index contributed by atoms with van der Waals surface area (Å²) in [6, 6.07) is 7.24. The van der Waals surface area contributed by atoms with E-state index in [9.17, 15) is 4.79 Å². The number of nitrogens with zero attached hydrogens (tertiary/aromatic N) is 2. The first-order valence-electron chi connectivity index (χ1n) is 7.74. The lowest BCUT2D eigenvalue weighted by molar-refractivity contribution is -0.121. The van der Waals surface area contributed by atoms with Crippen LogP contribution < -0.4 is 11.1 Å². The van der Waals surface area contributed by atoms with Crippen LogP contribution >= 0.6 is 12.4 Å². The number of hydrogen-bond acceptors (Lipinski definition) is 5. The molecule has 0 aliphatic carbocycles. The zero-order valence-corrected chi connectivity index (χ0v) is 15.3. The van der Waals surface area contributed by atoms with Gasteiger partial charge in [0.2, 0.25) is 11.8 Å². The van der Waals surface area contributed by atoms with E-state index in [0.29, 0.717) is 30.2 Å². The second-order valence-electron chi connectivity index (χ2n) is 6.69. The number of halogens is 1. The van der Waals surface area contributed by atoms with Crippen molar-refractivity contribution in [3.63, 3.8) is 0 Å². The highest BCUT2D eigenvalue weighted by molar-refractivity contribution is 5.85. The molecule has 0 saturated heterocycles. The van der Waals surface area contributed by atoms with Gasteiger partial charge in [-0.1, -0.05) is 44.1 Å². The van der Waals surface area contributed by atoms with Crippen LogP contribution in [-0.4, -0.2) is 16.0 Å². The van der Waals surface area contributed by atoms with E-state index in [4.69, 9.17) is 10.3 Å². The number of benzene rings is 1. The van der Waals surface area contributed by atoms with Gasteiger partial charge in [-0.05, 0) is 25.0 Å². The largest absolute Gasteiger partial charge is 0.399 e. The highest BCUT2D eigenvalue weighted by atomic mass is 35.5. The number of amides is 1. The van der Waals surface area contributed by atoms with E-state index in [-0.39, 0.29) is 29.8 Å². The van der Waals surface area contributed by atoms with Crippen LogP contribution in [0.4, 0.5) is 5.69 Å². The average molecular weight is 353 g/mol. The fraction of sp³-hybridized carbons (Fsp3) is 0.471. The minimum absolute atomic E-state index is 0. The first kappa shape index (κ1) is 20.0. The molecule has 1 aromatic carbocycles. The van der Waals surface area contributed by atoms with Crippen molar-refractivity contribution in [2.24, 2.45) is 0 Å². The maximum Gasteiger partial charge on any atom is 0.248 e. The molecule has 2 aromatic rings. The van der Waals surface area contributed by atoms with Crippen LogP contribution in [0.2, 0.25) is 0 Å². The molecule has 24 heavy (non-hydrogen) atoms. The molecule has 2 rings (SSSR count). The number of nitrogens with one attached hydrogen (secondary N) is 1. The van der Waals surface area contributed by atoms with Crippen molar-refractivity contribution in [3.8, 4) is 0 Å². The van der Waals surface area contributed by atoms with Gasteiger partial charge in [0.05, 0.1) is 0 Å². The van der Waals surface area contributed by atoms with Crippen LogP contribution in [0.1, 0.15) is 57.4 Å². The average Bonchev–Trinajstić information content (AvgIpc) is 2.96. The summed E-state index contributed by atoms with van der Waals surface area (Å²) < 4.78 is 5.24. The normalized spacial score (nSPS) is 12.3. The molecular formula is C17H25ClN4O2. The van der Waals surface area contributed by atoms with Gasteiger partial charge >= 0.3 is 0 Å². The van der Waals surface area contributed by atoms with Gasteiger partial charge in [0.1, 0.15) is 6.04 Å². The molecule has 0 saturated carbocycles. The fourth-order valence-corrected chi connectivity index (χ4v) is 2.10. The topological polar surface area (TPSA) is 94.0 Å². The second-order valence-corrected chi connectivity index (χ2v) is 6.69. The van der Waals surface area contributed by atoms with Crippen LogP contribution in [0.5, 0.6) is 0 Å². The predicted molar refractivity (Wildman–Crippen MR) is 96.0 cm³/mol. The molecule has 7 heteroatoms. The third kappa shape index (κ3) is 5.23. The number of aromatic nitrogens is 2. The summed E-state index contributed by atoms with van der Waals surface area (Å²) in [5, 5.41) is 6.84. The standard InChI is InChI=1S/C17H24N4O2.ClH/c1-11(15-20-16(21-23-15)17(2,3)4)19-14(22)10-9-12-7-5-6-8-13(12)18;/h5-8,11H,9-10,18H2,1-4H3,(H,19,22);1H. The molecule has 0 bridgehead atoms. The number of carbonyl (C=O) groups excluding carboxylic acids is 1. The highest BCUT2D eigenvalue weighted by Gasteiger charge is 2.23. The molecule has 0 aliphatic heterocycles. The maximum absolute atomic E-state index is 12.1. The Morgan fingerprint density at radius 1 is 1.33 bits per heavy atom. The first-order chi connectivity index (χ1) is 10.8. The molecular weight excluding hydrogens is 328 g/mol. The van der Waals surface area contributed by atoms with E-state index in [0.717, 1.165) is 5.56 Å². The zero-order chi connectivity index (χ0) is 17.0. The van der Waals surface area contributed by atoms with Crippen molar-refractivity contribution < 1.29 is 9.32 Å². The van der Waals surface area contributed by atoms with Gasteiger partial charge in [0.15, 0.2) is 5.82 Å². The quantitative estimate of drug-likeness (QED) is 0.806. The molecule has 1 aromatic heterocycles. The highest BCUT2D eigenvalue weighted by Crippen LogP contribution is 2.21. The number of aryl methyl sites for hydroxylation is 1. The molecule has 1 atom stereocenters. The molecule has 0 aliphatic rings. The summed E-state index contributed by atoms with van der Waals surface area (Å²) >= 11 is 0. The summed E-state index contributed by atoms with van der Waals surface area (Å²) in [5.74, 6) is 0.976. The summed E-state index contributed by atoms with van der Waals surface area (Å²) in [4.78, 5) is 16.4. The monoisotopic (exact) mass is 352 g/mol. The molecule has 0 spiro atoms. The Kier molecular flexibility index (Phi) is 6.78. The Labute approximate surface area is 148 Å². The van der Waals surface area contributed by atoms with E-state index in [1.165, 1.54) is 0 Å². The molecule has 0 fully saturated rings. The van der Waals surface area contributed by atoms with E-state index >= 15 is 0 Å². The van der Waals surface area contributed by atoms with Gasteiger partial charge in [-0.15, -0.1) is 12.4 Å². The minimum atomic E-state index is -0.320. The third-order valence-electron chi connectivity index (χ3n) is 3.54. The van der Waals surface area contributed by atoms with E-state index < -0.39 is 0 Å². The summed E-state index contributed by atoms with van der Waals surface area (Å²) in [6.45, 7) is 7.86. The Morgan fingerprint density at radius 2 is 2.00 bits per heavy atom. The summed E-state index contributed by atoms with van der Waals surface area (Å²) in [5.41, 5.74) is 7.38. The number of rotatable bonds is 5. The van der Waals surface area contributed by atoms with Gasteiger partial charge in [-0.2, -0.15) is 4.98 Å². The Balaban J connectivity index is 0.00000288. The third-order valence-corrected chi connectivity index (χ3v) is 3.54. The van der Waals surface area contributed by atoms with Crippen molar-refractivity contribution >= 4 is 24.0 Å². The Morgan fingerprint density at radius 3 is 2.58 bits per heavy atom. The first-order valence-corrected chi connectivity index (χ1v) is 7.74. The number of nitrogen functional groups attached to an aromatic ring is 1. The van der Waals surface area contributed by atoms with Crippen molar-refractivity contribution in [3.05, 3.63) is 41.5 Å². The molecule has 1 amide bonds. The minimum Gasteiger partial charge on any atom is -0.399 e. The van der Waals surface area contributed by atoms with Crippen LogP contribution in [-0.2, 0) is 16.6 Å². The van der Waals surface area contributed by atoms with Gasteiger partial charge in [-0.3, -0.25) is 4.79 Å². The van der Waals surface area contributed by atoms with Gasteiger partial charge < -0.3 is 15.6 Å². The Bertz CT molecular complexity index is 679. The van der Waals surface area contributed by atoms with Gasteiger partial charge in [-0.25, -0.2) is 0 Å². The summed E-state index contributed by atoms with van der Waals surface area (Å²) in [7, 11) is 0. The molecule has 1 unspecified atom stereocenters. The fourth-order valence-electron chi connectivity index (χ4n) is 2.10. The van der Waals surface area contributed by atoms with Crippen LogP contribution in [0, 0.1) is 0 Å². The van der Waals surface area contributed by atoms with Crippen molar-refractivity contribution in [2.75, 3.05) is 5.73 Å². The van der Waals surface area contributed by atoms with Gasteiger partial charge in [0, 0.05) is 17.5 Å². The molecule has 132 valence electrons. The van der Waals surface area contributed by atoms with Crippen molar-refractivity contribution in [1.82, 2.24) is 15.5 Å². The number of anilines is 1. The zero-order valence-electron chi connectivity index (χ0n) is 14.5. The van der Waals surface area contributed by atoms with E-state index in [1.807, 2.05) is 52.0 Å². The van der Waals surface area contributed by atoms with Crippen molar-refractivity contribution in [1.29, 1.82) is 0 Å². The lowest BCUT2D eigenvalue weighted by Crippen LogP contribution is -2.27. The predicted octanol–water partition coefficient (Wildman–Crippen LogP) is 3.18. The lowest BCUT2D eigenvalue weighted by atomic mass is 9.96. The van der Waals surface area contributed by atoms with Gasteiger partial charge in [0.25, 0.3) is 0 Å². The maximum atomic E-state index is 12.1.